The van der Waals surface area contributed by atoms with E-state index in [2.05, 4.69) is 16.8 Å². The van der Waals surface area contributed by atoms with E-state index in [0.717, 1.165) is 12.2 Å². The zero-order valence-corrected chi connectivity index (χ0v) is 10.8. The van der Waals surface area contributed by atoms with Crippen molar-refractivity contribution in [2.45, 2.75) is 45.6 Å². The third-order valence-corrected chi connectivity index (χ3v) is 3.64. The molecule has 1 aromatic heterocycles. The molecule has 0 aliphatic carbocycles. The Balaban J connectivity index is 2.26. The van der Waals surface area contributed by atoms with Crippen LogP contribution in [0, 0.1) is 6.92 Å². The minimum absolute atomic E-state index is 0.00380. The minimum atomic E-state index is 0.00380. The van der Waals surface area contributed by atoms with E-state index in [1.54, 1.807) is 6.07 Å². The summed E-state index contributed by atoms with van der Waals surface area (Å²) in [5, 5.41) is 0. The summed E-state index contributed by atoms with van der Waals surface area (Å²) in [7, 11) is 0. The number of pyridine rings is 1. The van der Waals surface area contributed by atoms with Gasteiger partial charge in [-0.05, 0) is 44.8 Å². The Labute approximate surface area is 103 Å². The van der Waals surface area contributed by atoms with Gasteiger partial charge < -0.3 is 4.98 Å². The first kappa shape index (κ1) is 12.4. The molecule has 2 heterocycles. The highest BCUT2D eigenvalue weighted by Gasteiger charge is 2.24. The average Bonchev–Trinajstić information content (AvgIpc) is 2.31. The molecule has 0 saturated carbocycles. The molecule has 0 spiro atoms. The predicted octanol–water partition coefficient (Wildman–Crippen LogP) is 2.62. The molecule has 1 aromatic rings. The Morgan fingerprint density at radius 1 is 1.41 bits per heavy atom. The predicted molar refractivity (Wildman–Crippen MR) is 70.3 cm³/mol. The number of piperidine rings is 1. The van der Waals surface area contributed by atoms with Gasteiger partial charge in [-0.15, -0.1) is 0 Å². The van der Waals surface area contributed by atoms with Gasteiger partial charge in [0.25, 0.3) is 0 Å². The molecule has 0 bridgehead atoms. The molecule has 3 nitrogen and oxygen atoms in total. The van der Waals surface area contributed by atoms with Gasteiger partial charge >= 0.3 is 0 Å². The first-order chi connectivity index (χ1) is 8.22. The zero-order valence-electron chi connectivity index (χ0n) is 10.8. The van der Waals surface area contributed by atoms with Gasteiger partial charge in [0.1, 0.15) is 0 Å². The molecule has 0 amide bonds. The molecule has 0 radical (unpaired) electrons. The maximum Gasteiger partial charge on any atom is 0.248 e. The number of aromatic nitrogens is 1. The molecule has 1 unspecified atom stereocenters. The fourth-order valence-electron chi connectivity index (χ4n) is 2.85. The van der Waals surface area contributed by atoms with Crippen LogP contribution in [0.1, 0.15) is 49.9 Å². The van der Waals surface area contributed by atoms with Crippen LogP contribution in [-0.2, 0) is 0 Å². The Hall–Kier alpha value is -1.09. The molecule has 1 atom stereocenters. The fourth-order valence-corrected chi connectivity index (χ4v) is 2.85. The normalized spacial score (nSPS) is 21.6. The maximum absolute atomic E-state index is 11.3. The van der Waals surface area contributed by atoms with Crippen LogP contribution in [0.25, 0.3) is 0 Å². The number of H-pyrrole nitrogens is 1. The molecule has 17 heavy (non-hydrogen) atoms. The Kier molecular flexibility index (Phi) is 4.00. The minimum Gasteiger partial charge on any atom is -0.326 e. The van der Waals surface area contributed by atoms with E-state index < -0.39 is 0 Å². The summed E-state index contributed by atoms with van der Waals surface area (Å²) in [6, 6.07) is 4.16. The van der Waals surface area contributed by atoms with E-state index in [4.69, 9.17) is 0 Å². The van der Waals surface area contributed by atoms with Crippen molar-refractivity contribution in [1.29, 1.82) is 0 Å². The van der Waals surface area contributed by atoms with Gasteiger partial charge in [0.05, 0.1) is 0 Å². The van der Waals surface area contributed by atoms with Crippen LogP contribution in [-0.4, -0.2) is 23.0 Å². The first-order valence-electron chi connectivity index (χ1n) is 6.66. The van der Waals surface area contributed by atoms with E-state index in [0.29, 0.717) is 6.04 Å². The van der Waals surface area contributed by atoms with Crippen LogP contribution in [0.15, 0.2) is 16.9 Å². The molecular formula is C14H22N2O. The number of hydrogen-bond donors (Lipinski definition) is 1. The number of nitrogens with one attached hydrogen (secondary N) is 1. The number of aromatic amines is 1. The Morgan fingerprint density at radius 2 is 2.24 bits per heavy atom. The van der Waals surface area contributed by atoms with E-state index in [-0.39, 0.29) is 5.56 Å². The van der Waals surface area contributed by atoms with Crippen molar-refractivity contribution >= 4 is 0 Å². The summed E-state index contributed by atoms with van der Waals surface area (Å²) in [4.78, 5) is 16.7. The standard InChI is InChI=1S/C14H22N2O/c1-3-9-16-10-5-4-6-13(16)12-7-8-14(17)15-11(12)2/h7-8,13H,3-6,9-10H2,1-2H3,(H,15,17). The van der Waals surface area contributed by atoms with Crippen LogP contribution in [0.3, 0.4) is 0 Å². The number of aryl methyl sites for hydroxylation is 1. The summed E-state index contributed by atoms with van der Waals surface area (Å²) in [5.74, 6) is 0. The smallest absolute Gasteiger partial charge is 0.248 e. The van der Waals surface area contributed by atoms with Crippen molar-refractivity contribution in [2.75, 3.05) is 13.1 Å². The lowest BCUT2D eigenvalue weighted by Crippen LogP contribution is -2.34. The Bertz CT molecular complexity index is 422. The molecule has 0 aromatic carbocycles. The molecule has 1 fully saturated rings. The molecule has 1 aliphatic rings. The molecule has 1 N–H and O–H groups in total. The third kappa shape index (κ3) is 2.78. The first-order valence-corrected chi connectivity index (χ1v) is 6.66. The van der Waals surface area contributed by atoms with E-state index in [1.807, 2.05) is 13.0 Å². The second-order valence-electron chi connectivity index (χ2n) is 4.95. The number of hydrogen-bond acceptors (Lipinski definition) is 2. The van der Waals surface area contributed by atoms with Gasteiger partial charge in [-0.1, -0.05) is 19.4 Å². The van der Waals surface area contributed by atoms with Crippen molar-refractivity contribution in [3.8, 4) is 0 Å². The molecule has 3 heteroatoms. The van der Waals surface area contributed by atoms with Crippen molar-refractivity contribution in [2.24, 2.45) is 0 Å². The van der Waals surface area contributed by atoms with Gasteiger partial charge in [-0.2, -0.15) is 0 Å². The highest BCUT2D eigenvalue weighted by Crippen LogP contribution is 2.31. The summed E-state index contributed by atoms with van der Waals surface area (Å²) in [5.41, 5.74) is 2.34. The number of rotatable bonds is 3. The van der Waals surface area contributed by atoms with Crippen LogP contribution >= 0.6 is 0 Å². The van der Waals surface area contributed by atoms with Crippen molar-refractivity contribution in [3.05, 3.63) is 33.7 Å². The molecule has 2 rings (SSSR count). The lowest BCUT2D eigenvalue weighted by Gasteiger charge is -2.36. The van der Waals surface area contributed by atoms with Crippen LogP contribution in [0.4, 0.5) is 0 Å². The summed E-state index contributed by atoms with van der Waals surface area (Å²) in [6.07, 6.45) is 5.01. The summed E-state index contributed by atoms with van der Waals surface area (Å²) < 4.78 is 0. The molecule has 1 saturated heterocycles. The van der Waals surface area contributed by atoms with Gasteiger partial charge in [0.15, 0.2) is 0 Å². The van der Waals surface area contributed by atoms with Gasteiger partial charge in [-0.25, -0.2) is 0 Å². The highest BCUT2D eigenvalue weighted by atomic mass is 16.1. The monoisotopic (exact) mass is 234 g/mol. The molecular weight excluding hydrogens is 212 g/mol. The summed E-state index contributed by atoms with van der Waals surface area (Å²) >= 11 is 0. The lowest BCUT2D eigenvalue weighted by atomic mass is 9.94. The summed E-state index contributed by atoms with van der Waals surface area (Å²) in [6.45, 7) is 6.58. The number of nitrogens with zero attached hydrogens (tertiary/aromatic N) is 1. The lowest BCUT2D eigenvalue weighted by molar-refractivity contribution is 0.148. The quantitative estimate of drug-likeness (QED) is 0.872. The second-order valence-corrected chi connectivity index (χ2v) is 4.95. The molecule has 94 valence electrons. The largest absolute Gasteiger partial charge is 0.326 e. The maximum atomic E-state index is 11.3. The third-order valence-electron chi connectivity index (χ3n) is 3.64. The number of likely N-dealkylation sites (tertiary alicyclic amines) is 1. The van der Waals surface area contributed by atoms with Gasteiger partial charge in [-0.3, -0.25) is 9.69 Å². The SMILES string of the molecule is CCCN1CCCCC1c1ccc(=O)[nH]c1C. The topological polar surface area (TPSA) is 36.1 Å². The van der Waals surface area contributed by atoms with Crippen molar-refractivity contribution in [1.82, 2.24) is 9.88 Å². The second kappa shape index (κ2) is 5.50. The van der Waals surface area contributed by atoms with Crippen molar-refractivity contribution < 1.29 is 0 Å². The zero-order chi connectivity index (χ0) is 12.3. The molecule has 1 aliphatic heterocycles. The van der Waals surface area contributed by atoms with E-state index in [1.165, 1.54) is 37.8 Å². The van der Waals surface area contributed by atoms with E-state index in [9.17, 15) is 4.79 Å². The van der Waals surface area contributed by atoms with Crippen LogP contribution in [0.5, 0.6) is 0 Å². The van der Waals surface area contributed by atoms with E-state index >= 15 is 0 Å². The average molecular weight is 234 g/mol. The highest BCUT2D eigenvalue weighted by molar-refractivity contribution is 5.23. The van der Waals surface area contributed by atoms with Crippen LogP contribution < -0.4 is 5.56 Å². The Morgan fingerprint density at radius 3 is 2.94 bits per heavy atom. The fraction of sp³-hybridized carbons (Fsp3) is 0.643. The van der Waals surface area contributed by atoms with Gasteiger partial charge in [0, 0.05) is 17.8 Å². The van der Waals surface area contributed by atoms with Crippen molar-refractivity contribution in [3.63, 3.8) is 0 Å². The van der Waals surface area contributed by atoms with Crippen LogP contribution in [0.2, 0.25) is 0 Å². The van der Waals surface area contributed by atoms with Gasteiger partial charge in [0.2, 0.25) is 5.56 Å².